The quantitative estimate of drug-likeness (QED) is 0.553. The van der Waals surface area contributed by atoms with Gasteiger partial charge in [0.15, 0.2) is 0 Å². The van der Waals surface area contributed by atoms with Gasteiger partial charge in [-0.1, -0.05) is 18.2 Å². The van der Waals surface area contributed by atoms with Crippen LogP contribution in [0.3, 0.4) is 0 Å². The first-order chi connectivity index (χ1) is 6.70. The summed E-state index contributed by atoms with van der Waals surface area (Å²) in [6, 6.07) is 6.16. The number of nitrogens with one attached hydrogen (secondary N) is 1. The fourth-order valence-corrected chi connectivity index (χ4v) is 1.70. The highest BCUT2D eigenvalue weighted by atomic mass is 19.1. The molecule has 0 aromatic heterocycles. The standard InChI is InChI=1S/C10H10FNO2/c11-8-4-2-1-3-7(8)10(5-6-10)9(13)12-14/h1-4,14H,5-6H2,(H,12,13). The van der Waals surface area contributed by atoms with Gasteiger partial charge in [-0.25, -0.2) is 9.87 Å². The molecule has 1 aliphatic carbocycles. The van der Waals surface area contributed by atoms with Crippen molar-refractivity contribution < 1.29 is 14.4 Å². The first-order valence-corrected chi connectivity index (χ1v) is 4.40. The van der Waals surface area contributed by atoms with Crippen molar-refractivity contribution in [2.24, 2.45) is 0 Å². The molecule has 4 heteroatoms. The fourth-order valence-electron chi connectivity index (χ4n) is 1.70. The van der Waals surface area contributed by atoms with Crippen LogP contribution in [0.25, 0.3) is 0 Å². The van der Waals surface area contributed by atoms with Gasteiger partial charge in [-0.3, -0.25) is 10.0 Å². The molecule has 2 N–H and O–H groups in total. The topological polar surface area (TPSA) is 49.3 Å². The molecule has 0 radical (unpaired) electrons. The Kier molecular flexibility index (Phi) is 2.00. The van der Waals surface area contributed by atoms with Crippen LogP contribution in [0.1, 0.15) is 18.4 Å². The van der Waals surface area contributed by atoms with E-state index in [1.165, 1.54) is 6.07 Å². The van der Waals surface area contributed by atoms with E-state index in [-0.39, 0.29) is 0 Å². The molecule has 1 aromatic carbocycles. The highest BCUT2D eigenvalue weighted by molar-refractivity contribution is 5.90. The molecule has 1 amide bonds. The minimum absolute atomic E-state index is 0.367. The molecule has 0 heterocycles. The van der Waals surface area contributed by atoms with Crippen LogP contribution < -0.4 is 5.48 Å². The van der Waals surface area contributed by atoms with E-state index in [0.717, 1.165) is 0 Å². The minimum Gasteiger partial charge on any atom is -0.289 e. The van der Waals surface area contributed by atoms with E-state index in [1.54, 1.807) is 23.7 Å². The van der Waals surface area contributed by atoms with Gasteiger partial charge in [0.1, 0.15) is 5.82 Å². The number of carbonyl (C=O) groups excluding carboxylic acids is 1. The fraction of sp³-hybridized carbons (Fsp3) is 0.300. The van der Waals surface area contributed by atoms with Gasteiger partial charge in [0.2, 0.25) is 0 Å². The molecule has 1 aromatic rings. The van der Waals surface area contributed by atoms with Gasteiger partial charge in [-0.2, -0.15) is 0 Å². The molecule has 0 saturated heterocycles. The Morgan fingerprint density at radius 2 is 2.07 bits per heavy atom. The second-order valence-corrected chi connectivity index (χ2v) is 3.50. The van der Waals surface area contributed by atoms with Crippen molar-refractivity contribution in [2.75, 3.05) is 0 Å². The van der Waals surface area contributed by atoms with E-state index in [2.05, 4.69) is 0 Å². The average Bonchev–Trinajstić information content (AvgIpc) is 2.98. The molecule has 1 fully saturated rings. The van der Waals surface area contributed by atoms with Gasteiger partial charge in [-0.15, -0.1) is 0 Å². The lowest BCUT2D eigenvalue weighted by atomic mass is 9.95. The van der Waals surface area contributed by atoms with Gasteiger partial charge in [0.05, 0.1) is 5.41 Å². The summed E-state index contributed by atoms with van der Waals surface area (Å²) < 4.78 is 13.4. The number of hydrogen-bond donors (Lipinski definition) is 2. The normalized spacial score (nSPS) is 17.6. The van der Waals surface area contributed by atoms with Gasteiger partial charge in [0.25, 0.3) is 5.91 Å². The third-order valence-corrected chi connectivity index (χ3v) is 2.68. The first-order valence-electron chi connectivity index (χ1n) is 4.40. The smallest absolute Gasteiger partial charge is 0.254 e. The SMILES string of the molecule is O=C(NO)C1(c2ccccc2F)CC1. The Balaban J connectivity index is 2.40. The Morgan fingerprint density at radius 3 is 2.57 bits per heavy atom. The Labute approximate surface area is 80.5 Å². The highest BCUT2D eigenvalue weighted by Crippen LogP contribution is 2.49. The molecule has 1 saturated carbocycles. The maximum Gasteiger partial charge on any atom is 0.254 e. The van der Waals surface area contributed by atoms with E-state index in [9.17, 15) is 9.18 Å². The van der Waals surface area contributed by atoms with E-state index in [4.69, 9.17) is 5.21 Å². The van der Waals surface area contributed by atoms with Crippen LogP contribution >= 0.6 is 0 Å². The lowest BCUT2D eigenvalue weighted by Gasteiger charge is -2.13. The number of rotatable bonds is 2. The molecule has 0 aliphatic heterocycles. The Bertz CT molecular complexity index is 374. The maximum atomic E-state index is 13.4. The van der Waals surface area contributed by atoms with Gasteiger partial charge in [-0.05, 0) is 18.9 Å². The summed E-state index contributed by atoms with van der Waals surface area (Å²) in [5.41, 5.74) is 1.12. The second kappa shape index (κ2) is 3.06. The largest absolute Gasteiger partial charge is 0.289 e. The summed E-state index contributed by atoms with van der Waals surface area (Å²) in [6.45, 7) is 0. The third-order valence-electron chi connectivity index (χ3n) is 2.68. The summed E-state index contributed by atoms with van der Waals surface area (Å²) in [5.74, 6) is -0.920. The number of benzene rings is 1. The Hall–Kier alpha value is -1.42. The van der Waals surface area contributed by atoms with E-state index in [1.807, 2.05) is 0 Å². The third kappa shape index (κ3) is 1.19. The summed E-state index contributed by atoms with van der Waals surface area (Å²) in [5, 5.41) is 8.54. The van der Waals surface area contributed by atoms with Crippen molar-refractivity contribution in [1.82, 2.24) is 5.48 Å². The van der Waals surface area contributed by atoms with Crippen LogP contribution in [-0.4, -0.2) is 11.1 Å². The molecule has 2 rings (SSSR count). The van der Waals surface area contributed by atoms with Crippen LogP contribution in [0.5, 0.6) is 0 Å². The molecule has 0 atom stereocenters. The number of carbonyl (C=O) groups is 1. The highest BCUT2D eigenvalue weighted by Gasteiger charge is 2.52. The molecule has 3 nitrogen and oxygen atoms in total. The molecule has 0 bridgehead atoms. The van der Waals surface area contributed by atoms with Crippen LogP contribution in [0.2, 0.25) is 0 Å². The zero-order chi connectivity index (χ0) is 10.2. The molecular formula is C10H10FNO2. The van der Waals surface area contributed by atoms with Crippen molar-refractivity contribution in [3.05, 3.63) is 35.6 Å². The van der Waals surface area contributed by atoms with E-state index in [0.29, 0.717) is 18.4 Å². The number of hydrogen-bond acceptors (Lipinski definition) is 2. The lowest BCUT2D eigenvalue weighted by molar-refractivity contribution is -0.131. The van der Waals surface area contributed by atoms with Crippen molar-refractivity contribution in [3.8, 4) is 0 Å². The van der Waals surface area contributed by atoms with Crippen molar-refractivity contribution in [2.45, 2.75) is 18.3 Å². The number of amides is 1. The predicted octanol–water partition coefficient (Wildman–Crippen LogP) is 1.36. The average molecular weight is 195 g/mol. The van der Waals surface area contributed by atoms with Gasteiger partial charge < -0.3 is 0 Å². The maximum absolute atomic E-state index is 13.4. The van der Waals surface area contributed by atoms with Crippen LogP contribution in [-0.2, 0) is 10.2 Å². The van der Waals surface area contributed by atoms with Crippen LogP contribution in [0.15, 0.2) is 24.3 Å². The van der Waals surface area contributed by atoms with E-state index < -0.39 is 17.1 Å². The van der Waals surface area contributed by atoms with Gasteiger partial charge in [0, 0.05) is 5.56 Å². The molecule has 0 spiro atoms. The molecule has 1 aliphatic rings. The summed E-state index contributed by atoms with van der Waals surface area (Å²) in [6.07, 6.45) is 1.17. The molecule has 0 unspecified atom stereocenters. The zero-order valence-corrected chi connectivity index (χ0v) is 7.46. The minimum atomic E-state index is -0.833. The molecule has 14 heavy (non-hydrogen) atoms. The zero-order valence-electron chi connectivity index (χ0n) is 7.46. The summed E-state index contributed by atoms with van der Waals surface area (Å²) in [4.78, 5) is 11.3. The number of hydroxylamine groups is 1. The van der Waals surface area contributed by atoms with Crippen molar-refractivity contribution in [1.29, 1.82) is 0 Å². The molecule has 74 valence electrons. The lowest BCUT2D eigenvalue weighted by Crippen LogP contribution is -2.32. The summed E-state index contributed by atoms with van der Waals surface area (Å²) >= 11 is 0. The van der Waals surface area contributed by atoms with Crippen LogP contribution in [0.4, 0.5) is 4.39 Å². The second-order valence-electron chi connectivity index (χ2n) is 3.50. The van der Waals surface area contributed by atoms with Crippen molar-refractivity contribution in [3.63, 3.8) is 0 Å². The van der Waals surface area contributed by atoms with Crippen molar-refractivity contribution >= 4 is 5.91 Å². The summed E-state index contributed by atoms with van der Waals surface area (Å²) in [7, 11) is 0. The monoisotopic (exact) mass is 195 g/mol. The van der Waals surface area contributed by atoms with Crippen LogP contribution in [0, 0.1) is 5.82 Å². The predicted molar refractivity (Wildman–Crippen MR) is 47.2 cm³/mol. The molecular weight excluding hydrogens is 185 g/mol. The Morgan fingerprint density at radius 1 is 1.43 bits per heavy atom. The van der Waals surface area contributed by atoms with E-state index >= 15 is 0 Å². The first kappa shape index (κ1) is 9.15. The van der Waals surface area contributed by atoms with Gasteiger partial charge >= 0.3 is 0 Å². The number of halogens is 1.